The van der Waals surface area contributed by atoms with Crippen LogP contribution in [0.25, 0.3) is 22.3 Å². The molecule has 4 heterocycles. The van der Waals surface area contributed by atoms with Gasteiger partial charge in [-0.15, -0.1) is 0 Å². The molecule has 0 fully saturated rings. The topological polar surface area (TPSA) is 149 Å². The molecule has 0 bridgehead atoms. The lowest BCUT2D eigenvalue weighted by Crippen LogP contribution is -2.47. The molecule has 5 rings (SSSR count). The number of benzene rings is 1. The minimum atomic E-state index is -1.81. The third-order valence-corrected chi connectivity index (χ3v) is 9.82. The van der Waals surface area contributed by atoms with Crippen molar-refractivity contribution in [2.75, 3.05) is 32.2 Å². The van der Waals surface area contributed by atoms with Crippen molar-refractivity contribution in [2.24, 2.45) is 0 Å². The molecule has 0 spiro atoms. The van der Waals surface area contributed by atoms with Gasteiger partial charge in [-0.25, -0.2) is 9.78 Å². The summed E-state index contributed by atoms with van der Waals surface area (Å²) in [5.41, 5.74) is 1.25. The van der Waals surface area contributed by atoms with Crippen LogP contribution in [0.2, 0.25) is 0 Å². The number of para-hydroxylation sites is 1. The molecule has 2 atom stereocenters. The van der Waals surface area contributed by atoms with Crippen LogP contribution in [0.3, 0.4) is 0 Å². The summed E-state index contributed by atoms with van der Waals surface area (Å²) in [5, 5.41) is 1.25. The van der Waals surface area contributed by atoms with Crippen molar-refractivity contribution in [3.63, 3.8) is 0 Å². The molecule has 12 nitrogen and oxygen atoms in total. The predicted octanol–water partition coefficient (Wildman–Crippen LogP) is 5.08. The molecule has 0 saturated carbocycles. The van der Waals surface area contributed by atoms with Gasteiger partial charge in [0.15, 0.2) is 0 Å². The van der Waals surface area contributed by atoms with Crippen LogP contribution in [0.15, 0.2) is 41.2 Å². The average molecular weight is 741 g/mol. The monoisotopic (exact) mass is 740 g/mol. The number of thiol groups is 2. The van der Waals surface area contributed by atoms with Crippen molar-refractivity contribution in [3.05, 3.63) is 63.4 Å². The molecule has 0 radical (unpaired) electrons. The van der Waals surface area contributed by atoms with E-state index in [-0.39, 0.29) is 75.8 Å². The zero-order chi connectivity index (χ0) is 36.4. The highest BCUT2D eigenvalue weighted by Gasteiger charge is 2.50. The number of hydrogen-bond donors (Lipinski definition) is 2. The van der Waals surface area contributed by atoms with Gasteiger partial charge in [-0.3, -0.25) is 19.2 Å². The maximum Gasteiger partial charge on any atom is 0.355 e. The van der Waals surface area contributed by atoms with E-state index in [9.17, 15) is 24.0 Å². The predicted molar refractivity (Wildman–Crippen MR) is 195 cm³/mol. The average Bonchev–Trinajstić information content (AvgIpc) is 3.47. The first-order chi connectivity index (χ1) is 24.7. The Kier molecular flexibility index (Phi) is 13.6. The first-order valence-electron chi connectivity index (χ1n) is 17.4. The highest BCUT2D eigenvalue weighted by molar-refractivity contribution is 7.81. The Balaban J connectivity index is 1.06. The zero-order valence-corrected chi connectivity index (χ0v) is 30.5. The third kappa shape index (κ3) is 9.32. The molecule has 0 aliphatic carbocycles. The molecule has 2 aliphatic rings. The maximum absolute atomic E-state index is 13.7. The number of unbranched alkanes of at least 4 members (excludes halogenated alkanes) is 1. The summed E-state index contributed by atoms with van der Waals surface area (Å²) in [6.07, 6.45) is 3.81. The first kappa shape index (κ1) is 38.4. The molecule has 3 aromatic rings. The number of rotatable bonds is 19. The highest BCUT2D eigenvalue weighted by Crippen LogP contribution is 2.41. The summed E-state index contributed by atoms with van der Waals surface area (Å²) in [6, 6.07) is 11.4. The smallest absolute Gasteiger partial charge is 0.355 e. The fraction of sp³-hybridized carbons (Fsp3) is 0.514. The van der Waals surface area contributed by atoms with Crippen LogP contribution in [0.4, 0.5) is 0 Å². The summed E-state index contributed by atoms with van der Waals surface area (Å²) < 4.78 is 28.5. The SMILES string of the molecule is CCC1(OC(=O)CCCC(=O)OCCOCCOC(=O)CCCCC(S)CCS)C(=O)OCc2c1cc1n(c2=O)Cc2cc3ccccc3nc2-1. The van der Waals surface area contributed by atoms with Crippen LogP contribution in [0, 0.1) is 0 Å². The lowest BCUT2D eigenvalue weighted by molar-refractivity contribution is -0.189. The summed E-state index contributed by atoms with van der Waals surface area (Å²) >= 11 is 8.67. The van der Waals surface area contributed by atoms with Gasteiger partial charge in [-0.05, 0) is 56.1 Å². The van der Waals surface area contributed by atoms with Gasteiger partial charge in [0.1, 0.15) is 19.8 Å². The Morgan fingerprint density at radius 3 is 2.37 bits per heavy atom. The fourth-order valence-electron chi connectivity index (χ4n) is 6.32. The molecule has 274 valence electrons. The molecule has 2 aliphatic heterocycles. The molecule has 2 aromatic heterocycles. The molecule has 0 amide bonds. The first-order valence-corrected chi connectivity index (χ1v) is 18.5. The third-order valence-electron chi connectivity index (χ3n) is 9.05. The van der Waals surface area contributed by atoms with Crippen LogP contribution in [-0.4, -0.2) is 70.9 Å². The van der Waals surface area contributed by atoms with Gasteiger partial charge in [0.2, 0.25) is 5.60 Å². The number of carbonyl (C=O) groups excluding carboxylic acids is 4. The summed E-state index contributed by atoms with van der Waals surface area (Å²) in [4.78, 5) is 68.9. The second-order valence-corrected chi connectivity index (χ2v) is 13.7. The van der Waals surface area contributed by atoms with Crippen molar-refractivity contribution in [3.8, 4) is 11.4 Å². The van der Waals surface area contributed by atoms with E-state index in [1.165, 1.54) is 0 Å². The highest BCUT2D eigenvalue weighted by atomic mass is 32.1. The van der Waals surface area contributed by atoms with Crippen molar-refractivity contribution >= 4 is 60.0 Å². The van der Waals surface area contributed by atoms with E-state index in [0.717, 1.165) is 47.9 Å². The largest absolute Gasteiger partial charge is 0.463 e. The number of aromatic nitrogens is 2. The molecule has 0 N–H and O–H groups in total. The Morgan fingerprint density at radius 1 is 0.941 bits per heavy atom. The van der Waals surface area contributed by atoms with Gasteiger partial charge in [0.05, 0.1) is 42.2 Å². The summed E-state index contributed by atoms with van der Waals surface area (Å²) in [6.45, 7) is 2.20. The second kappa shape index (κ2) is 18.1. The van der Waals surface area contributed by atoms with E-state index in [1.54, 1.807) is 17.6 Å². The quantitative estimate of drug-likeness (QED) is 0.0574. The van der Waals surface area contributed by atoms with Crippen LogP contribution in [0.5, 0.6) is 0 Å². The Bertz CT molecular complexity index is 1810. The number of esters is 4. The Morgan fingerprint density at radius 2 is 1.65 bits per heavy atom. The van der Waals surface area contributed by atoms with Crippen molar-refractivity contribution in [1.29, 1.82) is 0 Å². The number of ether oxygens (including phenoxy) is 5. The van der Waals surface area contributed by atoms with E-state index >= 15 is 0 Å². The number of hydrogen-bond acceptors (Lipinski definition) is 13. The minimum Gasteiger partial charge on any atom is -0.463 e. The molecule has 1 aromatic carbocycles. The summed E-state index contributed by atoms with van der Waals surface area (Å²) in [7, 11) is 0. The van der Waals surface area contributed by atoms with Crippen LogP contribution in [0.1, 0.15) is 81.4 Å². The van der Waals surface area contributed by atoms with Gasteiger partial charge >= 0.3 is 23.9 Å². The standard InChI is InChI=1S/C37H44N2O10S2/c1-2-37(49-33(42)13-7-12-32(41)47-18-16-45-15-17-46-31(40)11-6-4-9-26(51)14-19-50)28-21-30-34-25(20-24-8-3-5-10-29(24)38-34)22-39(30)35(43)27(28)23-48-36(37)44/h3,5,8,10,20-21,26,50-51H,2,4,6-7,9,11-19,22-23H2,1H3. The Hall–Kier alpha value is -3.88. The van der Waals surface area contributed by atoms with Crippen molar-refractivity contribution in [2.45, 2.75) is 88.7 Å². The van der Waals surface area contributed by atoms with Gasteiger partial charge in [0, 0.05) is 41.0 Å². The van der Waals surface area contributed by atoms with Gasteiger partial charge in [-0.2, -0.15) is 25.3 Å². The van der Waals surface area contributed by atoms with E-state index in [0.29, 0.717) is 35.2 Å². The van der Waals surface area contributed by atoms with Crippen LogP contribution >= 0.6 is 25.3 Å². The van der Waals surface area contributed by atoms with E-state index in [1.807, 2.05) is 30.3 Å². The van der Waals surface area contributed by atoms with Gasteiger partial charge in [0.25, 0.3) is 5.56 Å². The lowest BCUT2D eigenvalue weighted by Gasteiger charge is -2.35. The second-order valence-electron chi connectivity index (χ2n) is 12.6. The summed E-state index contributed by atoms with van der Waals surface area (Å²) in [5.74, 6) is -1.47. The van der Waals surface area contributed by atoms with E-state index in [4.69, 9.17) is 28.7 Å². The minimum absolute atomic E-state index is 0.00359. The molecular formula is C37H44N2O10S2. The van der Waals surface area contributed by atoms with Gasteiger partial charge in [-0.1, -0.05) is 31.5 Å². The lowest BCUT2D eigenvalue weighted by atomic mass is 9.85. The number of nitrogens with zero attached hydrogens (tertiary/aromatic N) is 2. The molecular weight excluding hydrogens is 697 g/mol. The number of cyclic esters (lactones) is 1. The van der Waals surface area contributed by atoms with Crippen molar-refractivity contribution in [1.82, 2.24) is 9.55 Å². The van der Waals surface area contributed by atoms with Crippen LogP contribution < -0.4 is 5.56 Å². The molecule has 2 unspecified atom stereocenters. The fourth-order valence-corrected chi connectivity index (χ4v) is 7.15. The van der Waals surface area contributed by atoms with E-state index in [2.05, 4.69) is 25.3 Å². The zero-order valence-electron chi connectivity index (χ0n) is 28.7. The normalized spacial score (nSPS) is 16.5. The number of pyridine rings is 2. The van der Waals surface area contributed by atoms with Gasteiger partial charge < -0.3 is 28.3 Å². The Labute approximate surface area is 307 Å². The van der Waals surface area contributed by atoms with E-state index < -0.39 is 23.5 Å². The number of fused-ring (bicyclic) bond motifs is 5. The molecule has 14 heteroatoms. The molecule has 51 heavy (non-hydrogen) atoms. The van der Waals surface area contributed by atoms with Crippen LogP contribution in [-0.2, 0) is 61.6 Å². The molecule has 0 saturated heterocycles. The number of carbonyl (C=O) groups is 4. The maximum atomic E-state index is 13.7. The van der Waals surface area contributed by atoms with Crippen molar-refractivity contribution < 1.29 is 42.9 Å².